The van der Waals surface area contributed by atoms with Gasteiger partial charge in [0.2, 0.25) is 0 Å². The summed E-state index contributed by atoms with van der Waals surface area (Å²) in [6.07, 6.45) is 0. The number of hydrogen-bond acceptors (Lipinski definition) is 5. The van der Waals surface area contributed by atoms with Crippen LogP contribution in [0.3, 0.4) is 0 Å². The van der Waals surface area contributed by atoms with E-state index in [9.17, 15) is 9.59 Å². The number of aromatic nitrogens is 1. The van der Waals surface area contributed by atoms with Crippen LogP contribution in [0.5, 0.6) is 0 Å². The van der Waals surface area contributed by atoms with Gasteiger partial charge < -0.3 is 19.8 Å². The van der Waals surface area contributed by atoms with Crippen molar-refractivity contribution in [2.75, 3.05) is 19.8 Å². The molecule has 0 unspecified atom stereocenters. The SMILES string of the molecule is CCOC(=O)CNCc1c(C(=O)OCC)[nH]c2ccccc12. The Bertz CT molecular complexity index is 663. The van der Waals surface area contributed by atoms with Crippen LogP contribution in [0, 0.1) is 0 Å². The maximum atomic E-state index is 12.1. The third kappa shape index (κ3) is 3.65. The summed E-state index contributed by atoms with van der Waals surface area (Å²) in [7, 11) is 0. The predicted octanol–water partition coefficient (Wildman–Crippen LogP) is 2.00. The third-order valence-electron chi connectivity index (χ3n) is 3.17. The summed E-state index contributed by atoms with van der Waals surface area (Å²) in [4.78, 5) is 26.5. The molecule has 22 heavy (non-hydrogen) atoms. The van der Waals surface area contributed by atoms with Crippen LogP contribution < -0.4 is 5.32 Å². The molecule has 2 N–H and O–H groups in total. The quantitative estimate of drug-likeness (QED) is 0.765. The van der Waals surface area contributed by atoms with Gasteiger partial charge in [0, 0.05) is 23.0 Å². The molecule has 0 saturated heterocycles. The van der Waals surface area contributed by atoms with Crippen LogP contribution >= 0.6 is 0 Å². The molecule has 118 valence electrons. The molecule has 2 rings (SSSR count). The molecular formula is C16H20N2O4. The van der Waals surface area contributed by atoms with Crippen molar-refractivity contribution in [3.05, 3.63) is 35.5 Å². The zero-order valence-electron chi connectivity index (χ0n) is 12.8. The summed E-state index contributed by atoms with van der Waals surface area (Å²) in [5, 5.41) is 3.93. The number of rotatable bonds is 7. The molecule has 1 heterocycles. The molecule has 0 aliphatic heterocycles. The van der Waals surface area contributed by atoms with Gasteiger partial charge in [0.25, 0.3) is 0 Å². The summed E-state index contributed by atoms with van der Waals surface area (Å²) in [6, 6.07) is 7.62. The molecule has 0 aliphatic carbocycles. The fraction of sp³-hybridized carbons (Fsp3) is 0.375. The van der Waals surface area contributed by atoms with Crippen LogP contribution in [0.25, 0.3) is 10.9 Å². The zero-order chi connectivity index (χ0) is 15.9. The minimum Gasteiger partial charge on any atom is -0.465 e. The number of para-hydroxylation sites is 1. The molecule has 0 atom stereocenters. The number of ether oxygens (including phenoxy) is 2. The molecule has 6 heteroatoms. The number of nitrogens with one attached hydrogen (secondary N) is 2. The normalized spacial score (nSPS) is 10.6. The molecule has 0 bridgehead atoms. The highest BCUT2D eigenvalue weighted by atomic mass is 16.5. The smallest absolute Gasteiger partial charge is 0.355 e. The number of esters is 2. The van der Waals surface area contributed by atoms with E-state index in [1.165, 1.54) is 0 Å². The van der Waals surface area contributed by atoms with Crippen molar-refractivity contribution in [2.24, 2.45) is 0 Å². The summed E-state index contributed by atoms with van der Waals surface area (Å²) in [5.41, 5.74) is 2.07. The monoisotopic (exact) mass is 304 g/mol. The average molecular weight is 304 g/mol. The maximum Gasteiger partial charge on any atom is 0.355 e. The van der Waals surface area contributed by atoms with Crippen LogP contribution in [0.4, 0.5) is 0 Å². The fourth-order valence-corrected chi connectivity index (χ4v) is 2.26. The second-order valence-corrected chi connectivity index (χ2v) is 4.65. The first-order valence-corrected chi connectivity index (χ1v) is 7.30. The highest BCUT2D eigenvalue weighted by Crippen LogP contribution is 2.23. The molecule has 0 radical (unpaired) electrons. The minimum atomic E-state index is -0.397. The van der Waals surface area contributed by atoms with E-state index in [0.717, 1.165) is 16.5 Å². The van der Waals surface area contributed by atoms with E-state index in [1.807, 2.05) is 24.3 Å². The minimum absolute atomic E-state index is 0.0929. The maximum absolute atomic E-state index is 12.1. The second-order valence-electron chi connectivity index (χ2n) is 4.65. The van der Waals surface area contributed by atoms with E-state index in [2.05, 4.69) is 10.3 Å². The topological polar surface area (TPSA) is 80.4 Å². The number of fused-ring (bicyclic) bond motifs is 1. The van der Waals surface area contributed by atoms with Crippen LogP contribution in [-0.2, 0) is 20.8 Å². The molecule has 0 amide bonds. The van der Waals surface area contributed by atoms with Crippen molar-refractivity contribution in [1.29, 1.82) is 0 Å². The van der Waals surface area contributed by atoms with Crippen molar-refractivity contribution in [1.82, 2.24) is 10.3 Å². The highest BCUT2D eigenvalue weighted by Gasteiger charge is 2.18. The summed E-state index contributed by atoms with van der Waals surface area (Å²) in [5.74, 6) is -0.716. The van der Waals surface area contributed by atoms with Crippen molar-refractivity contribution >= 4 is 22.8 Å². The second kappa shape index (κ2) is 7.61. The number of carbonyl (C=O) groups excluding carboxylic acids is 2. The third-order valence-corrected chi connectivity index (χ3v) is 3.17. The van der Waals surface area contributed by atoms with Gasteiger partial charge in [0.15, 0.2) is 0 Å². The number of benzene rings is 1. The fourth-order valence-electron chi connectivity index (χ4n) is 2.26. The standard InChI is InChI=1S/C16H20N2O4/c1-3-21-14(19)10-17-9-12-11-7-5-6-8-13(11)18-15(12)16(20)22-4-2/h5-8,17-18H,3-4,9-10H2,1-2H3. The Hall–Kier alpha value is -2.34. The molecule has 6 nitrogen and oxygen atoms in total. The van der Waals surface area contributed by atoms with Crippen LogP contribution in [-0.4, -0.2) is 36.7 Å². The van der Waals surface area contributed by atoms with Crippen molar-refractivity contribution in [3.8, 4) is 0 Å². The Morgan fingerprint density at radius 1 is 1.14 bits per heavy atom. The van der Waals surface area contributed by atoms with Crippen LogP contribution in [0.15, 0.2) is 24.3 Å². The van der Waals surface area contributed by atoms with Gasteiger partial charge in [-0.15, -0.1) is 0 Å². The van der Waals surface area contributed by atoms with E-state index in [0.29, 0.717) is 25.5 Å². The number of aromatic amines is 1. The lowest BCUT2D eigenvalue weighted by Gasteiger charge is -2.06. The lowest BCUT2D eigenvalue weighted by molar-refractivity contribution is -0.142. The van der Waals surface area contributed by atoms with E-state index in [4.69, 9.17) is 9.47 Å². The molecule has 0 saturated carbocycles. The molecular weight excluding hydrogens is 284 g/mol. The number of hydrogen-bond donors (Lipinski definition) is 2. The van der Waals surface area contributed by atoms with Gasteiger partial charge in [-0.2, -0.15) is 0 Å². The first-order valence-electron chi connectivity index (χ1n) is 7.30. The van der Waals surface area contributed by atoms with Gasteiger partial charge in [-0.3, -0.25) is 4.79 Å². The predicted molar refractivity (Wildman–Crippen MR) is 82.6 cm³/mol. The van der Waals surface area contributed by atoms with Gasteiger partial charge in [0.1, 0.15) is 5.69 Å². The van der Waals surface area contributed by atoms with E-state index in [1.54, 1.807) is 13.8 Å². The van der Waals surface area contributed by atoms with Crippen molar-refractivity contribution in [3.63, 3.8) is 0 Å². The highest BCUT2D eigenvalue weighted by molar-refractivity contribution is 5.98. The lowest BCUT2D eigenvalue weighted by Crippen LogP contribution is -2.25. The van der Waals surface area contributed by atoms with Gasteiger partial charge >= 0.3 is 11.9 Å². The van der Waals surface area contributed by atoms with E-state index < -0.39 is 5.97 Å². The van der Waals surface area contributed by atoms with Gasteiger partial charge in [-0.25, -0.2) is 4.79 Å². The van der Waals surface area contributed by atoms with Crippen LogP contribution in [0.1, 0.15) is 29.9 Å². The lowest BCUT2D eigenvalue weighted by atomic mass is 10.1. The summed E-state index contributed by atoms with van der Waals surface area (Å²) in [6.45, 7) is 4.65. The summed E-state index contributed by atoms with van der Waals surface area (Å²) < 4.78 is 9.94. The van der Waals surface area contributed by atoms with Crippen molar-refractivity contribution < 1.29 is 19.1 Å². The first-order chi connectivity index (χ1) is 10.7. The van der Waals surface area contributed by atoms with Gasteiger partial charge in [0.05, 0.1) is 19.8 Å². The van der Waals surface area contributed by atoms with Gasteiger partial charge in [-0.05, 0) is 19.9 Å². The molecule has 1 aromatic carbocycles. The van der Waals surface area contributed by atoms with Crippen molar-refractivity contribution in [2.45, 2.75) is 20.4 Å². The average Bonchev–Trinajstić information content (AvgIpc) is 2.87. The Morgan fingerprint density at radius 3 is 2.59 bits per heavy atom. The Morgan fingerprint density at radius 2 is 1.86 bits per heavy atom. The Balaban J connectivity index is 2.20. The molecule has 2 aromatic rings. The van der Waals surface area contributed by atoms with E-state index in [-0.39, 0.29) is 12.5 Å². The molecule has 0 aliphatic rings. The Kier molecular flexibility index (Phi) is 5.55. The largest absolute Gasteiger partial charge is 0.465 e. The molecule has 0 fully saturated rings. The molecule has 0 spiro atoms. The van der Waals surface area contributed by atoms with E-state index >= 15 is 0 Å². The van der Waals surface area contributed by atoms with Crippen LogP contribution in [0.2, 0.25) is 0 Å². The number of H-pyrrole nitrogens is 1. The zero-order valence-corrected chi connectivity index (χ0v) is 12.8. The number of carbonyl (C=O) groups is 2. The summed E-state index contributed by atoms with van der Waals surface area (Å²) >= 11 is 0. The Labute approximate surface area is 128 Å². The first kappa shape index (κ1) is 16.0. The molecule has 1 aromatic heterocycles. The van der Waals surface area contributed by atoms with Gasteiger partial charge in [-0.1, -0.05) is 18.2 Å².